The molecule has 1 nitrogen and oxygen atoms in total. The highest BCUT2D eigenvalue weighted by atomic mass is 35.5. The van der Waals surface area contributed by atoms with E-state index in [1.807, 2.05) is 7.05 Å². The van der Waals surface area contributed by atoms with Crippen LogP contribution < -0.4 is 5.32 Å². The van der Waals surface area contributed by atoms with Gasteiger partial charge < -0.3 is 5.32 Å². The highest BCUT2D eigenvalue weighted by Gasteiger charge is 1.94. The Bertz CT molecular complexity index is 30.0. The van der Waals surface area contributed by atoms with E-state index in [0.29, 0.717) is 0 Å². The Morgan fingerprint density at radius 2 is 1.62 bits per heavy atom. The van der Waals surface area contributed by atoms with Crippen molar-refractivity contribution in [2.24, 2.45) is 0 Å². The molecular formula is C6H16ClN. The second kappa shape index (κ2) is 7.25. The van der Waals surface area contributed by atoms with Gasteiger partial charge in [0.15, 0.2) is 0 Å². The van der Waals surface area contributed by atoms with Crippen LogP contribution in [0.5, 0.6) is 0 Å². The lowest BCUT2D eigenvalue weighted by molar-refractivity contribution is 0.531. The average Bonchev–Trinajstić information content (AvgIpc) is 1.72. The molecule has 0 spiro atoms. The number of nitrogens with one attached hydrogen (secondary N) is 1. The molecule has 0 aromatic heterocycles. The van der Waals surface area contributed by atoms with Crippen LogP contribution in [0.3, 0.4) is 0 Å². The van der Waals surface area contributed by atoms with Crippen molar-refractivity contribution in [3.8, 4) is 0 Å². The van der Waals surface area contributed by atoms with Gasteiger partial charge in [0.05, 0.1) is 0 Å². The van der Waals surface area contributed by atoms with Crippen LogP contribution in [0.4, 0.5) is 0 Å². The van der Waals surface area contributed by atoms with Gasteiger partial charge in [0.25, 0.3) is 0 Å². The van der Waals surface area contributed by atoms with Gasteiger partial charge in [-0.15, -0.1) is 12.4 Å². The lowest BCUT2D eigenvalue weighted by Gasteiger charge is -2.08. The fourth-order valence-corrected chi connectivity index (χ4v) is 0.697. The molecule has 0 saturated heterocycles. The maximum Gasteiger partial charge on any atom is 0.00588 e. The number of halogens is 1. The van der Waals surface area contributed by atoms with Crippen LogP contribution in [-0.4, -0.2) is 13.1 Å². The molecular weight excluding hydrogens is 122 g/mol. The fourth-order valence-electron chi connectivity index (χ4n) is 0.697. The van der Waals surface area contributed by atoms with Crippen molar-refractivity contribution < 1.29 is 0 Å². The smallest absolute Gasteiger partial charge is 0.00588 e. The quantitative estimate of drug-likeness (QED) is 0.626. The molecule has 0 aliphatic heterocycles. The molecule has 0 atom stereocenters. The third-order valence-electron chi connectivity index (χ3n) is 1.39. The van der Waals surface area contributed by atoms with Crippen LogP contribution in [0.25, 0.3) is 0 Å². The molecule has 0 bridgehead atoms. The van der Waals surface area contributed by atoms with Crippen LogP contribution in [0.15, 0.2) is 0 Å². The molecule has 2 heteroatoms. The fraction of sp³-hybridized carbons (Fsp3) is 1.00. The van der Waals surface area contributed by atoms with Crippen molar-refractivity contribution in [1.82, 2.24) is 5.32 Å². The standard InChI is InChI=1S/C6H15N.ClH/c1-4-6(5-2)7-3;/h6-7H,4-5H2,1-3H3;1H. The summed E-state index contributed by atoms with van der Waals surface area (Å²) in [7, 11) is 2.01. The van der Waals surface area contributed by atoms with Gasteiger partial charge in [-0.3, -0.25) is 0 Å². The van der Waals surface area contributed by atoms with E-state index in [9.17, 15) is 0 Å². The second-order valence-corrected chi connectivity index (χ2v) is 1.80. The molecule has 0 aromatic carbocycles. The van der Waals surface area contributed by atoms with E-state index in [-0.39, 0.29) is 12.4 Å². The van der Waals surface area contributed by atoms with E-state index in [2.05, 4.69) is 19.2 Å². The molecule has 52 valence electrons. The van der Waals surface area contributed by atoms with Crippen LogP contribution in [0, 0.1) is 0 Å². The second-order valence-electron chi connectivity index (χ2n) is 1.80. The minimum absolute atomic E-state index is 0. The normalized spacial score (nSPS) is 9.00. The monoisotopic (exact) mass is 137 g/mol. The van der Waals surface area contributed by atoms with E-state index in [4.69, 9.17) is 0 Å². The zero-order chi connectivity index (χ0) is 5.70. The van der Waals surface area contributed by atoms with Crippen LogP contribution >= 0.6 is 12.4 Å². The van der Waals surface area contributed by atoms with E-state index in [1.165, 1.54) is 12.8 Å². The summed E-state index contributed by atoms with van der Waals surface area (Å²) < 4.78 is 0. The molecule has 0 heterocycles. The molecule has 0 aliphatic carbocycles. The first-order valence-corrected chi connectivity index (χ1v) is 3.02. The third-order valence-corrected chi connectivity index (χ3v) is 1.39. The van der Waals surface area contributed by atoms with Crippen LogP contribution in [0.2, 0.25) is 0 Å². The molecule has 0 amide bonds. The van der Waals surface area contributed by atoms with Gasteiger partial charge in [-0.05, 0) is 19.9 Å². The van der Waals surface area contributed by atoms with Crippen molar-refractivity contribution in [3.05, 3.63) is 0 Å². The predicted molar refractivity (Wildman–Crippen MR) is 40.7 cm³/mol. The molecule has 8 heavy (non-hydrogen) atoms. The predicted octanol–water partition coefficient (Wildman–Crippen LogP) is 1.82. The van der Waals surface area contributed by atoms with E-state index in [0.717, 1.165) is 6.04 Å². The lowest BCUT2D eigenvalue weighted by Crippen LogP contribution is -2.22. The number of rotatable bonds is 3. The summed E-state index contributed by atoms with van der Waals surface area (Å²) in [4.78, 5) is 0. The van der Waals surface area contributed by atoms with Crippen molar-refractivity contribution >= 4 is 12.4 Å². The summed E-state index contributed by atoms with van der Waals surface area (Å²) in [6, 6.07) is 0.736. The first-order valence-electron chi connectivity index (χ1n) is 3.02. The minimum Gasteiger partial charge on any atom is -0.317 e. The maximum atomic E-state index is 3.20. The topological polar surface area (TPSA) is 12.0 Å². The summed E-state index contributed by atoms with van der Waals surface area (Å²) in [5.74, 6) is 0. The van der Waals surface area contributed by atoms with Gasteiger partial charge in [-0.2, -0.15) is 0 Å². The Kier molecular flexibility index (Phi) is 10.1. The number of hydrogen-bond acceptors (Lipinski definition) is 1. The molecule has 0 unspecified atom stereocenters. The van der Waals surface area contributed by atoms with Gasteiger partial charge in [0.1, 0.15) is 0 Å². The van der Waals surface area contributed by atoms with E-state index < -0.39 is 0 Å². The Labute approximate surface area is 58.3 Å². The first kappa shape index (κ1) is 11.1. The lowest BCUT2D eigenvalue weighted by atomic mass is 10.2. The average molecular weight is 138 g/mol. The van der Waals surface area contributed by atoms with Crippen molar-refractivity contribution in [2.45, 2.75) is 32.7 Å². The van der Waals surface area contributed by atoms with E-state index in [1.54, 1.807) is 0 Å². The molecule has 0 aromatic rings. The first-order chi connectivity index (χ1) is 3.35. The van der Waals surface area contributed by atoms with Crippen molar-refractivity contribution in [2.75, 3.05) is 7.05 Å². The zero-order valence-electron chi connectivity index (χ0n) is 5.90. The molecule has 0 radical (unpaired) electrons. The maximum absolute atomic E-state index is 3.20. The van der Waals surface area contributed by atoms with Gasteiger partial charge >= 0.3 is 0 Å². The van der Waals surface area contributed by atoms with Gasteiger partial charge in [0, 0.05) is 6.04 Å². The van der Waals surface area contributed by atoms with Crippen LogP contribution in [-0.2, 0) is 0 Å². The largest absolute Gasteiger partial charge is 0.317 e. The third kappa shape index (κ3) is 4.41. The highest BCUT2D eigenvalue weighted by Crippen LogP contribution is 1.92. The molecule has 0 saturated carbocycles. The summed E-state index contributed by atoms with van der Waals surface area (Å²) in [5, 5.41) is 3.20. The molecule has 0 aliphatic rings. The highest BCUT2D eigenvalue weighted by molar-refractivity contribution is 5.85. The van der Waals surface area contributed by atoms with Crippen LogP contribution in [0.1, 0.15) is 26.7 Å². The molecule has 0 rings (SSSR count). The van der Waals surface area contributed by atoms with Crippen molar-refractivity contribution in [1.29, 1.82) is 0 Å². The summed E-state index contributed by atoms with van der Waals surface area (Å²) >= 11 is 0. The van der Waals surface area contributed by atoms with Gasteiger partial charge in [0.2, 0.25) is 0 Å². The molecule has 1 N–H and O–H groups in total. The Balaban J connectivity index is 0. The van der Waals surface area contributed by atoms with Gasteiger partial charge in [-0.25, -0.2) is 0 Å². The molecule has 0 fully saturated rings. The Morgan fingerprint density at radius 1 is 1.25 bits per heavy atom. The number of hydrogen-bond donors (Lipinski definition) is 1. The summed E-state index contributed by atoms with van der Waals surface area (Å²) in [6.07, 6.45) is 2.49. The minimum atomic E-state index is 0. The Hall–Kier alpha value is 0.250. The van der Waals surface area contributed by atoms with Gasteiger partial charge in [-0.1, -0.05) is 13.8 Å². The summed E-state index contributed by atoms with van der Waals surface area (Å²) in [5.41, 5.74) is 0. The van der Waals surface area contributed by atoms with Crippen molar-refractivity contribution in [3.63, 3.8) is 0 Å². The zero-order valence-corrected chi connectivity index (χ0v) is 6.72. The SMILES string of the molecule is CCC(CC)NC.Cl. The summed E-state index contributed by atoms with van der Waals surface area (Å²) in [6.45, 7) is 4.40. The van der Waals surface area contributed by atoms with E-state index >= 15 is 0 Å². The Morgan fingerprint density at radius 3 is 1.62 bits per heavy atom.